The summed E-state index contributed by atoms with van der Waals surface area (Å²) >= 11 is 7.91. The lowest BCUT2D eigenvalue weighted by atomic mass is 10.1. The highest BCUT2D eigenvalue weighted by Crippen LogP contribution is 2.27. The summed E-state index contributed by atoms with van der Waals surface area (Å²) in [6.07, 6.45) is 4.88. The van der Waals surface area contributed by atoms with Gasteiger partial charge >= 0.3 is 6.03 Å². The maximum Gasteiger partial charge on any atom is 0.321 e. The van der Waals surface area contributed by atoms with Gasteiger partial charge in [0.05, 0.1) is 11.8 Å². The van der Waals surface area contributed by atoms with Crippen LogP contribution < -0.4 is 5.32 Å². The molecule has 1 N–H and O–H groups in total. The predicted octanol–water partition coefficient (Wildman–Crippen LogP) is 7.43. The first-order valence-corrected chi connectivity index (χ1v) is 14.2. The summed E-state index contributed by atoms with van der Waals surface area (Å²) in [5.41, 5.74) is 4.85. The number of hydrogen-bond acceptors (Lipinski definition) is 4. The van der Waals surface area contributed by atoms with Crippen molar-refractivity contribution in [2.24, 2.45) is 0 Å². The average molecular weight is 545 g/mol. The lowest BCUT2D eigenvalue weighted by Gasteiger charge is -2.26. The molecule has 3 aromatic carbocycles. The van der Waals surface area contributed by atoms with Gasteiger partial charge in [0.2, 0.25) is 0 Å². The first-order valence-electron chi connectivity index (χ1n) is 12.9. The van der Waals surface area contributed by atoms with Crippen molar-refractivity contribution in [1.29, 1.82) is 0 Å². The molecule has 1 aliphatic heterocycles. The fraction of sp³-hybridized carbons (Fsp3) is 0.267. The number of amides is 2. The molecule has 8 heteroatoms. The molecule has 6 rings (SSSR count). The van der Waals surface area contributed by atoms with Crippen LogP contribution in [-0.4, -0.2) is 46.1 Å². The van der Waals surface area contributed by atoms with Crippen LogP contribution in [0.1, 0.15) is 24.1 Å². The van der Waals surface area contributed by atoms with E-state index in [2.05, 4.69) is 63.8 Å². The number of aromatic nitrogens is 2. The zero-order valence-electron chi connectivity index (χ0n) is 21.2. The van der Waals surface area contributed by atoms with Crippen LogP contribution in [0.15, 0.2) is 72.2 Å². The quantitative estimate of drug-likeness (QED) is 0.232. The summed E-state index contributed by atoms with van der Waals surface area (Å²) < 4.78 is 8.00. The number of urea groups is 1. The van der Waals surface area contributed by atoms with Gasteiger partial charge in [0.1, 0.15) is 0 Å². The fourth-order valence-corrected chi connectivity index (χ4v) is 6.02. The number of thiazole rings is 1. The molecule has 194 valence electrons. The predicted molar refractivity (Wildman–Crippen MR) is 155 cm³/mol. The monoisotopic (exact) mass is 544 g/mol. The minimum Gasteiger partial charge on any atom is -0.376 e. The molecule has 38 heavy (non-hydrogen) atoms. The van der Waals surface area contributed by atoms with Crippen molar-refractivity contribution in [1.82, 2.24) is 14.3 Å². The first-order chi connectivity index (χ1) is 18.5. The molecule has 3 heterocycles. The molecule has 2 aromatic heterocycles. The van der Waals surface area contributed by atoms with Crippen LogP contribution in [0.3, 0.4) is 0 Å². The van der Waals surface area contributed by atoms with Gasteiger partial charge in [-0.15, -0.1) is 11.3 Å². The molecule has 1 fully saturated rings. The second kappa shape index (κ2) is 10.8. The van der Waals surface area contributed by atoms with Gasteiger partial charge < -0.3 is 15.0 Å². The Morgan fingerprint density at radius 2 is 2.05 bits per heavy atom. The summed E-state index contributed by atoms with van der Waals surface area (Å²) in [5, 5.41) is 8.21. The highest BCUT2D eigenvalue weighted by atomic mass is 35.5. The van der Waals surface area contributed by atoms with Gasteiger partial charge in [-0.1, -0.05) is 54.1 Å². The zero-order valence-corrected chi connectivity index (χ0v) is 22.8. The van der Waals surface area contributed by atoms with Crippen molar-refractivity contribution in [2.75, 3.05) is 25.0 Å². The number of carbonyl (C=O) groups excluding carboxylic acids is 1. The van der Waals surface area contributed by atoms with Gasteiger partial charge in [-0.05, 0) is 54.3 Å². The third kappa shape index (κ3) is 5.27. The van der Waals surface area contributed by atoms with E-state index in [1.165, 1.54) is 10.8 Å². The molecule has 0 aliphatic carbocycles. The van der Waals surface area contributed by atoms with Gasteiger partial charge in [0, 0.05) is 59.7 Å². The van der Waals surface area contributed by atoms with Gasteiger partial charge in [0.15, 0.2) is 4.96 Å². The van der Waals surface area contributed by atoms with Crippen LogP contribution in [-0.2, 0) is 11.2 Å². The molecule has 0 unspecified atom stereocenters. The van der Waals surface area contributed by atoms with Gasteiger partial charge in [-0.2, -0.15) is 0 Å². The Bertz CT molecular complexity index is 1600. The molecule has 5 aromatic rings. The van der Waals surface area contributed by atoms with Gasteiger partial charge in [-0.3, -0.25) is 4.40 Å². The Balaban J connectivity index is 1.20. The van der Waals surface area contributed by atoms with E-state index >= 15 is 0 Å². The number of anilines is 1. The Morgan fingerprint density at radius 3 is 2.87 bits per heavy atom. The number of nitrogens with one attached hydrogen (secondary N) is 1. The Kier molecular flexibility index (Phi) is 7.06. The summed E-state index contributed by atoms with van der Waals surface area (Å²) in [7, 11) is 0. The molecule has 2 amide bonds. The Morgan fingerprint density at radius 1 is 1.18 bits per heavy atom. The fourth-order valence-electron chi connectivity index (χ4n) is 4.93. The smallest absolute Gasteiger partial charge is 0.321 e. The van der Waals surface area contributed by atoms with E-state index in [-0.39, 0.29) is 12.1 Å². The van der Waals surface area contributed by atoms with E-state index in [0.29, 0.717) is 30.2 Å². The normalized spacial score (nSPS) is 15.4. The number of benzene rings is 3. The van der Waals surface area contributed by atoms with Crippen molar-refractivity contribution >= 4 is 50.4 Å². The molecule has 0 radical (unpaired) electrons. The number of ether oxygens (including phenoxy) is 1. The van der Waals surface area contributed by atoms with Crippen molar-refractivity contribution < 1.29 is 9.53 Å². The second-order valence-corrected chi connectivity index (χ2v) is 11.0. The molecule has 1 aliphatic rings. The second-order valence-electron chi connectivity index (χ2n) is 9.79. The lowest BCUT2D eigenvalue weighted by Crippen LogP contribution is -2.41. The van der Waals surface area contributed by atoms with E-state index in [1.54, 1.807) is 17.4 Å². The van der Waals surface area contributed by atoms with Crippen LogP contribution in [0.2, 0.25) is 5.02 Å². The summed E-state index contributed by atoms with van der Waals surface area (Å²) in [6.45, 7) is 3.83. The van der Waals surface area contributed by atoms with Crippen LogP contribution in [0, 0.1) is 6.92 Å². The third-order valence-corrected chi connectivity index (χ3v) is 8.42. The summed E-state index contributed by atoms with van der Waals surface area (Å²) in [5.74, 6) is 0. The molecule has 1 atom stereocenters. The average Bonchev–Trinajstić information content (AvgIpc) is 3.67. The van der Waals surface area contributed by atoms with E-state index in [0.717, 1.165) is 46.9 Å². The third-order valence-electron chi connectivity index (χ3n) is 7.12. The summed E-state index contributed by atoms with van der Waals surface area (Å²) in [6, 6.07) is 20.3. The molecule has 1 saturated heterocycles. The maximum atomic E-state index is 13.3. The number of carbonyl (C=O) groups is 1. The van der Waals surface area contributed by atoms with Crippen LogP contribution >= 0.6 is 22.9 Å². The SMILES string of the molecule is Cc1ccc(NC(=O)N(CCc2csc3nc(-c4ccc5ccccc5c4)cn23)C[C@@H]2CCCO2)cc1Cl. The van der Waals surface area contributed by atoms with Crippen molar-refractivity contribution in [3.63, 3.8) is 0 Å². The molecule has 0 spiro atoms. The van der Waals surface area contributed by atoms with Gasteiger partial charge in [-0.25, -0.2) is 9.78 Å². The van der Waals surface area contributed by atoms with E-state index in [9.17, 15) is 4.79 Å². The number of hydrogen-bond donors (Lipinski definition) is 1. The van der Waals surface area contributed by atoms with E-state index < -0.39 is 0 Å². The number of imidazole rings is 1. The Hall–Kier alpha value is -3.39. The molecular formula is C30H29ClN4O2S. The summed E-state index contributed by atoms with van der Waals surface area (Å²) in [4.78, 5) is 21.0. The minimum atomic E-state index is -0.144. The van der Waals surface area contributed by atoms with E-state index in [4.69, 9.17) is 21.3 Å². The molecule has 0 saturated carbocycles. The maximum absolute atomic E-state index is 13.3. The van der Waals surface area contributed by atoms with Crippen LogP contribution in [0.5, 0.6) is 0 Å². The molecule has 6 nitrogen and oxygen atoms in total. The number of nitrogens with zero attached hydrogens (tertiary/aromatic N) is 3. The Labute approximate surface area is 230 Å². The van der Waals surface area contributed by atoms with Gasteiger partial charge in [0.25, 0.3) is 0 Å². The van der Waals surface area contributed by atoms with E-state index in [1.807, 2.05) is 24.0 Å². The number of halogens is 1. The molecular weight excluding hydrogens is 516 g/mol. The molecule has 0 bridgehead atoms. The number of fused-ring (bicyclic) bond motifs is 2. The number of aryl methyl sites for hydroxylation is 1. The minimum absolute atomic E-state index is 0.0672. The van der Waals surface area contributed by atoms with Crippen molar-refractivity contribution in [3.8, 4) is 11.3 Å². The largest absolute Gasteiger partial charge is 0.376 e. The highest BCUT2D eigenvalue weighted by molar-refractivity contribution is 7.15. The number of rotatable bonds is 7. The van der Waals surface area contributed by atoms with Crippen molar-refractivity contribution in [3.05, 3.63) is 88.5 Å². The zero-order chi connectivity index (χ0) is 26.1. The topological polar surface area (TPSA) is 58.9 Å². The van der Waals surface area contributed by atoms with Crippen molar-refractivity contribution in [2.45, 2.75) is 32.3 Å². The lowest BCUT2D eigenvalue weighted by molar-refractivity contribution is 0.0838. The standard InChI is InChI=1S/C30H29ClN4O2S/c1-20-8-11-24(16-27(20)31)32-29(36)34(17-26-7-4-14-37-26)13-12-25-19-38-30-33-28(18-35(25)30)23-10-9-21-5-2-3-6-22(21)15-23/h2-3,5-6,8-11,15-16,18-19,26H,4,7,12-14,17H2,1H3,(H,32,36)/t26-/m0/s1. The van der Waals surface area contributed by atoms with Crippen LogP contribution in [0.4, 0.5) is 10.5 Å². The first kappa shape index (κ1) is 24.9. The highest BCUT2D eigenvalue weighted by Gasteiger charge is 2.23. The van der Waals surface area contributed by atoms with Crippen LogP contribution in [0.25, 0.3) is 27.0 Å².